The Morgan fingerprint density at radius 3 is 2.67 bits per heavy atom. The second kappa shape index (κ2) is 6.47. The third kappa shape index (κ3) is 4.35. The molecule has 0 aromatic carbocycles. The van der Waals surface area contributed by atoms with E-state index in [1.807, 2.05) is 13.0 Å². The summed E-state index contributed by atoms with van der Waals surface area (Å²) in [6.45, 7) is 4.01. The molecule has 15 heavy (non-hydrogen) atoms. The Balaban J connectivity index is 2.51. The molecule has 84 valence electrons. The molecule has 0 aromatic heterocycles. The van der Waals surface area contributed by atoms with Gasteiger partial charge in [-0.1, -0.05) is 19.3 Å². The van der Waals surface area contributed by atoms with Crippen LogP contribution in [0.2, 0.25) is 0 Å². The molecule has 0 spiro atoms. The fraction of sp³-hybridized carbons (Fsp3) is 0.692. The van der Waals surface area contributed by atoms with Crippen LogP contribution in [0.5, 0.6) is 0 Å². The van der Waals surface area contributed by atoms with Crippen LogP contribution >= 0.6 is 0 Å². The molecule has 1 aliphatic carbocycles. The third-order valence-corrected chi connectivity index (χ3v) is 2.77. The third-order valence-electron chi connectivity index (χ3n) is 2.77. The fourth-order valence-corrected chi connectivity index (χ4v) is 1.84. The molecule has 1 saturated carbocycles. The molecule has 1 fully saturated rings. The summed E-state index contributed by atoms with van der Waals surface area (Å²) < 4.78 is 4.89. The zero-order valence-electron chi connectivity index (χ0n) is 9.71. The molecule has 1 aliphatic rings. The molecule has 2 heteroatoms. The molecule has 0 aliphatic heterocycles. The molecule has 0 atom stereocenters. The van der Waals surface area contributed by atoms with Gasteiger partial charge in [-0.25, -0.2) is 4.79 Å². The predicted molar refractivity (Wildman–Crippen MR) is 60.5 cm³/mol. The Morgan fingerprint density at radius 1 is 1.40 bits per heavy atom. The van der Waals surface area contributed by atoms with Gasteiger partial charge in [-0.05, 0) is 38.7 Å². The second-order valence-corrected chi connectivity index (χ2v) is 4.05. The number of ether oxygens (including phenoxy) is 1. The van der Waals surface area contributed by atoms with Crippen molar-refractivity contribution in [3.05, 3.63) is 17.4 Å². The first-order valence-electron chi connectivity index (χ1n) is 5.84. The predicted octanol–water partition coefficient (Wildman–Crippen LogP) is 3.23. The lowest BCUT2D eigenvalue weighted by molar-refractivity contribution is -0.138. The summed E-state index contributed by atoms with van der Waals surface area (Å²) in [6, 6.07) is 0. The van der Waals surface area contributed by atoms with Gasteiger partial charge in [0, 0.05) is 0 Å². The van der Waals surface area contributed by atoms with Gasteiger partial charge in [-0.15, -0.1) is 5.73 Å². The number of carbonyl (C=O) groups is 1. The summed E-state index contributed by atoms with van der Waals surface area (Å²) in [4.78, 5) is 11.3. The monoisotopic (exact) mass is 208 g/mol. The van der Waals surface area contributed by atoms with E-state index in [0.717, 1.165) is 0 Å². The largest absolute Gasteiger partial charge is 0.462 e. The van der Waals surface area contributed by atoms with Crippen molar-refractivity contribution in [1.82, 2.24) is 0 Å². The van der Waals surface area contributed by atoms with Crippen LogP contribution < -0.4 is 0 Å². The van der Waals surface area contributed by atoms with Gasteiger partial charge >= 0.3 is 5.97 Å². The van der Waals surface area contributed by atoms with Gasteiger partial charge in [0.15, 0.2) is 0 Å². The Kier molecular flexibility index (Phi) is 5.20. The topological polar surface area (TPSA) is 26.3 Å². The minimum atomic E-state index is -0.246. The van der Waals surface area contributed by atoms with E-state index in [0.29, 0.717) is 18.1 Å². The van der Waals surface area contributed by atoms with E-state index in [1.165, 1.54) is 32.1 Å². The molecule has 0 amide bonds. The van der Waals surface area contributed by atoms with Crippen LogP contribution in [0.15, 0.2) is 17.4 Å². The Labute approximate surface area is 92.0 Å². The van der Waals surface area contributed by atoms with E-state index in [2.05, 4.69) is 5.73 Å². The molecule has 1 rings (SSSR count). The molecular formula is C13H20O2. The smallest absolute Gasteiger partial charge is 0.341 e. The summed E-state index contributed by atoms with van der Waals surface area (Å²) >= 11 is 0. The first kappa shape index (κ1) is 12.1. The van der Waals surface area contributed by atoms with E-state index >= 15 is 0 Å². The highest BCUT2D eigenvalue weighted by atomic mass is 16.5. The maximum absolute atomic E-state index is 11.3. The first-order chi connectivity index (χ1) is 7.24. The lowest BCUT2D eigenvalue weighted by Crippen LogP contribution is -2.05. The van der Waals surface area contributed by atoms with Crippen molar-refractivity contribution in [2.24, 2.45) is 5.92 Å². The number of carbonyl (C=O) groups excluding carboxylic acids is 1. The van der Waals surface area contributed by atoms with Crippen LogP contribution in [0.4, 0.5) is 0 Å². The molecule has 0 heterocycles. The number of hydrogen-bond acceptors (Lipinski definition) is 2. The van der Waals surface area contributed by atoms with Crippen molar-refractivity contribution in [1.29, 1.82) is 0 Å². The maximum atomic E-state index is 11.3. The Hall–Kier alpha value is -1.01. The molecular weight excluding hydrogens is 188 g/mol. The highest BCUT2D eigenvalue weighted by Crippen LogP contribution is 2.24. The van der Waals surface area contributed by atoms with Crippen LogP contribution in [-0.2, 0) is 9.53 Å². The molecule has 2 nitrogen and oxygen atoms in total. The lowest BCUT2D eigenvalue weighted by atomic mass is 9.89. The highest BCUT2D eigenvalue weighted by molar-refractivity contribution is 5.87. The normalized spacial score (nSPS) is 16.7. The van der Waals surface area contributed by atoms with Gasteiger partial charge in [-0.2, -0.15) is 0 Å². The van der Waals surface area contributed by atoms with E-state index in [4.69, 9.17) is 4.74 Å². The molecule has 0 saturated heterocycles. The van der Waals surface area contributed by atoms with Crippen molar-refractivity contribution in [3.63, 3.8) is 0 Å². The highest BCUT2D eigenvalue weighted by Gasteiger charge is 2.10. The Bertz CT molecular complexity index is 266. The van der Waals surface area contributed by atoms with Gasteiger partial charge in [0.2, 0.25) is 0 Å². The zero-order valence-corrected chi connectivity index (χ0v) is 9.71. The summed E-state index contributed by atoms with van der Waals surface area (Å²) in [5.74, 6) is 0.368. The van der Waals surface area contributed by atoms with Crippen LogP contribution in [0.25, 0.3) is 0 Å². The van der Waals surface area contributed by atoms with Gasteiger partial charge in [0.25, 0.3) is 0 Å². The number of hydrogen-bond donors (Lipinski definition) is 0. The first-order valence-corrected chi connectivity index (χ1v) is 5.84. The maximum Gasteiger partial charge on any atom is 0.341 e. The van der Waals surface area contributed by atoms with Crippen molar-refractivity contribution < 1.29 is 9.53 Å². The minimum absolute atomic E-state index is 0.246. The number of esters is 1. The van der Waals surface area contributed by atoms with Crippen LogP contribution in [-0.4, -0.2) is 12.6 Å². The average Bonchev–Trinajstić information content (AvgIpc) is 2.27. The zero-order chi connectivity index (χ0) is 11.1. The quantitative estimate of drug-likeness (QED) is 0.404. The minimum Gasteiger partial charge on any atom is -0.462 e. The molecule has 0 N–H and O–H groups in total. The van der Waals surface area contributed by atoms with Crippen LogP contribution in [0.3, 0.4) is 0 Å². The SMILES string of the molecule is CCOC(=O)C(C)=C=CC1CCCCC1. The van der Waals surface area contributed by atoms with Crippen LogP contribution in [0, 0.1) is 5.92 Å². The lowest BCUT2D eigenvalue weighted by Gasteiger charge is -2.16. The summed E-state index contributed by atoms with van der Waals surface area (Å²) in [5.41, 5.74) is 3.64. The van der Waals surface area contributed by atoms with Crippen molar-refractivity contribution in [2.45, 2.75) is 46.0 Å². The molecule has 0 aromatic rings. The van der Waals surface area contributed by atoms with Crippen molar-refractivity contribution in [2.75, 3.05) is 6.61 Å². The van der Waals surface area contributed by atoms with E-state index < -0.39 is 0 Å². The van der Waals surface area contributed by atoms with E-state index in [9.17, 15) is 4.79 Å². The fourth-order valence-electron chi connectivity index (χ4n) is 1.84. The van der Waals surface area contributed by atoms with Crippen LogP contribution in [0.1, 0.15) is 46.0 Å². The van der Waals surface area contributed by atoms with Gasteiger partial charge < -0.3 is 4.74 Å². The van der Waals surface area contributed by atoms with Gasteiger partial charge in [-0.3, -0.25) is 0 Å². The van der Waals surface area contributed by atoms with Gasteiger partial charge in [0.05, 0.1) is 12.2 Å². The van der Waals surface area contributed by atoms with Crippen molar-refractivity contribution in [3.8, 4) is 0 Å². The summed E-state index contributed by atoms with van der Waals surface area (Å²) in [5, 5.41) is 0. The Morgan fingerprint density at radius 2 is 2.07 bits per heavy atom. The molecule has 0 bridgehead atoms. The van der Waals surface area contributed by atoms with E-state index in [-0.39, 0.29) is 5.97 Å². The molecule has 0 radical (unpaired) electrons. The second-order valence-electron chi connectivity index (χ2n) is 4.05. The summed E-state index contributed by atoms with van der Waals surface area (Å²) in [6.07, 6.45) is 8.49. The van der Waals surface area contributed by atoms with E-state index in [1.54, 1.807) is 6.92 Å². The standard InChI is InChI=1S/C13H20O2/c1-3-15-13(14)11(2)9-10-12-7-5-4-6-8-12/h10,12H,3-8H2,1-2H3. The summed E-state index contributed by atoms with van der Waals surface area (Å²) in [7, 11) is 0. The molecule has 0 unspecified atom stereocenters. The van der Waals surface area contributed by atoms with Gasteiger partial charge in [0.1, 0.15) is 0 Å². The number of rotatable bonds is 3. The van der Waals surface area contributed by atoms with Crippen molar-refractivity contribution >= 4 is 5.97 Å². The average molecular weight is 208 g/mol.